The molecule has 2 aromatic heterocycles. The molecule has 0 spiro atoms. The van der Waals surface area contributed by atoms with E-state index in [0.29, 0.717) is 34.3 Å². The molecule has 3 heterocycles. The van der Waals surface area contributed by atoms with E-state index in [9.17, 15) is 10.5 Å². The normalized spacial score (nSPS) is 12.1. The fraction of sp³-hybridized carbons (Fsp3) is 0. The Labute approximate surface area is 240 Å². The van der Waals surface area contributed by atoms with Gasteiger partial charge in [0.2, 0.25) is 0 Å². The van der Waals surface area contributed by atoms with E-state index in [1.54, 1.807) is 0 Å². The van der Waals surface area contributed by atoms with Gasteiger partial charge in [-0.15, -0.1) is 0 Å². The van der Waals surface area contributed by atoms with Crippen LogP contribution in [0.15, 0.2) is 109 Å². The summed E-state index contributed by atoms with van der Waals surface area (Å²) in [5.41, 5.74) is 2.87. The average molecular weight is 539 g/mol. The predicted molar refractivity (Wildman–Crippen MR) is 162 cm³/mol. The molecule has 0 radical (unpaired) electrons. The average Bonchev–Trinajstić information content (AvgIpc) is 3.05. The molecule has 42 heavy (non-hydrogen) atoms. The van der Waals surface area contributed by atoms with Crippen LogP contribution in [-0.2, 0) is 0 Å². The van der Waals surface area contributed by atoms with Crippen molar-refractivity contribution in [3.05, 3.63) is 121 Å². The lowest BCUT2D eigenvalue weighted by molar-refractivity contribution is 0.990. The molecule has 1 aliphatic rings. The number of benzene rings is 5. The first-order valence-corrected chi connectivity index (χ1v) is 13.3. The van der Waals surface area contributed by atoms with Crippen molar-refractivity contribution in [2.75, 3.05) is 9.80 Å². The second kappa shape index (κ2) is 9.09. The van der Waals surface area contributed by atoms with Gasteiger partial charge in [-0.05, 0) is 57.9 Å². The van der Waals surface area contributed by atoms with E-state index in [-0.39, 0.29) is 11.4 Å². The maximum Gasteiger partial charge on any atom is 0.184 e. The summed E-state index contributed by atoms with van der Waals surface area (Å²) in [5, 5.41) is 24.1. The summed E-state index contributed by atoms with van der Waals surface area (Å²) in [6.45, 7) is 0. The number of hydrogen-bond donors (Lipinski definition) is 0. The lowest BCUT2D eigenvalue weighted by atomic mass is 10.1. The highest BCUT2D eigenvalue weighted by atomic mass is 15.4. The van der Waals surface area contributed by atoms with Gasteiger partial charge in [0, 0.05) is 11.4 Å². The number of hydrogen-bond acceptors (Lipinski definition) is 8. The number of aromatic nitrogens is 4. The maximum absolute atomic E-state index is 9.92. The Balaban J connectivity index is 1.48. The van der Waals surface area contributed by atoms with E-state index in [4.69, 9.17) is 19.9 Å². The van der Waals surface area contributed by atoms with Crippen molar-refractivity contribution >= 4 is 67.2 Å². The van der Waals surface area contributed by atoms with Crippen molar-refractivity contribution in [2.45, 2.75) is 0 Å². The minimum Gasteiger partial charge on any atom is -0.273 e. The van der Waals surface area contributed by atoms with Gasteiger partial charge in [0.1, 0.15) is 12.1 Å². The summed E-state index contributed by atoms with van der Waals surface area (Å²) in [5.74, 6) is 1.83. The lowest BCUT2D eigenvalue weighted by Crippen LogP contribution is -2.28. The third-order valence-electron chi connectivity index (χ3n) is 7.44. The Morgan fingerprint density at radius 2 is 0.810 bits per heavy atom. The van der Waals surface area contributed by atoms with Gasteiger partial charge in [-0.25, -0.2) is 19.9 Å². The minimum atomic E-state index is -0.0577. The predicted octanol–water partition coefficient (Wildman–Crippen LogP) is 7.72. The van der Waals surface area contributed by atoms with Crippen LogP contribution in [0.5, 0.6) is 0 Å². The number of rotatable bonds is 2. The number of nitrogens with zero attached hydrogens (tertiary/aromatic N) is 8. The molecule has 0 atom stereocenters. The Bertz CT molecular complexity index is 2150. The highest BCUT2D eigenvalue weighted by Gasteiger charge is 2.37. The Hall–Kier alpha value is -6.38. The Morgan fingerprint density at radius 3 is 1.24 bits per heavy atom. The smallest absolute Gasteiger partial charge is 0.184 e. The van der Waals surface area contributed by atoms with E-state index in [2.05, 4.69) is 36.4 Å². The molecule has 8 heteroatoms. The summed E-state index contributed by atoms with van der Waals surface area (Å²) < 4.78 is 0. The number of para-hydroxylation sites is 2. The number of nitriles is 2. The molecule has 0 bridgehead atoms. The molecule has 0 saturated carbocycles. The van der Waals surface area contributed by atoms with Crippen LogP contribution in [0.1, 0.15) is 11.4 Å². The quantitative estimate of drug-likeness (QED) is 0.220. The van der Waals surface area contributed by atoms with Gasteiger partial charge >= 0.3 is 0 Å². The van der Waals surface area contributed by atoms with Gasteiger partial charge in [-0.2, -0.15) is 10.5 Å². The van der Waals surface area contributed by atoms with Gasteiger partial charge < -0.3 is 0 Å². The molecule has 0 saturated heterocycles. The van der Waals surface area contributed by atoms with Crippen LogP contribution in [0.4, 0.5) is 34.6 Å². The topological polar surface area (TPSA) is 106 Å². The molecule has 0 N–H and O–H groups in total. The summed E-state index contributed by atoms with van der Waals surface area (Å²) in [6, 6.07) is 40.1. The monoisotopic (exact) mass is 538 g/mol. The van der Waals surface area contributed by atoms with Gasteiger partial charge in [-0.3, -0.25) is 9.80 Å². The Morgan fingerprint density at radius 1 is 0.429 bits per heavy atom. The van der Waals surface area contributed by atoms with Crippen LogP contribution in [-0.4, -0.2) is 19.9 Å². The minimum absolute atomic E-state index is 0.0577. The van der Waals surface area contributed by atoms with Crippen LogP contribution < -0.4 is 9.80 Å². The van der Waals surface area contributed by atoms with Crippen molar-refractivity contribution in [1.29, 1.82) is 10.5 Å². The van der Waals surface area contributed by atoms with Crippen LogP contribution in [0, 0.1) is 22.7 Å². The Kier molecular flexibility index (Phi) is 5.09. The summed E-state index contributed by atoms with van der Waals surface area (Å²) in [4.78, 5) is 23.4. The van der Waals surface area contributed by atoms with Crippen molar-refractivity contribution < 1.29 is 0 Å². The maximum atomic E-state index is 9.92. The van der Waals surface area contributed by atoms with Gasteiger partial charge in [0.05, 0.1) is 11.0 Å². The van der Waals surface area contributed by atoms with Crippen molar-refractivity contribution in [2.24, 2.45) is 0 Å². The van der Waals surface area contributed by atoms with Crippen LogP contribution in [0.3, 0.4) is 0 Å². The number of fused-ring (bicyclic) bond motifs is 5. The number of anilines is 6. The standard InChI is InChI=1S/C34H18N8/c35-19-29-30(20-36)40-34-33(39-29)41(25-15-13-21-7-1-3-9-23(21)17-25)31-32(38-28-12-6-5-11-27(28)37-31)42(34)26-16-14-22-8-2-4-10-24(22)18-26/h1-18H. The van der Waals surface area contributed by atoms with E-state index in [0.717, 1.165) is 32.9 Å². The fourth-order valence-electron chi connectivity index (χ4n) is 5.48. The first-order valence-electron chi connectivity index (χ1n) is 13.3. The second-order valence-corrected chi connectivity index (χ2v) is 9.88. The summed E-state index contributed by atoms with van der Waals surface area (Å²) in [7, 11) is 0. The zero-order valence-corrected chi connectivity index (χ0v) is 22.0. The van der Waals surface area contributed by atoms with E-state index in [1.165, 1.54) is 0 Å². The van der Waals surface area contributed by atoms with E-state index in [1.807, 2.05) is 94.7 Å². The molecule has 0 unspecified atom stereocenters. The molecule has 1 aliphatic heterocycles. The molecule has 8 rings (SSSR count). The SMILES string of the molecule is N#Cc1nc2c(nc1C#N)N(c1ccc3ccccc3c1)c1nc3ccccc3nc1N2c1ccc2ccccc2c1. The van der Waals surface area contributed by atoms with Crippen molar-refractivity contribution in [1.82, 2.24) is 19.9 Å². The molecule has 0 aliphatic carbocycles. The highest BCUT2D eigenvalue weighted by Crippen LogP contribution is 2.52. The fourth-order valence-corrected chi connectivity index (χ4v) is 5.48. The molecule has 194 valence electrons. The van der Waals surface area contributed by atoms with Crippen LogP contribution in [0.25, 0.3) is 32.6 Å². The van der Waals surface area contributed by atoms with Crippen LogP contribution >= 0.6 is 0 Å². The van der Waals surface area contributed by atoms with E-state index < -0.39 is 0 Å². The van der Waals surface area contributed by atoms with Crippen molar-refractivity contribution in [3.8, 4) is 12.1 Å². The largest absolute Gasteiger partial charge is 0.273 e. The van der Waals surface area contributed by atoms with E-state index >= 15 is 0 Å². The summed E-state index contributed by atoms with van der Waals surface area (Å²) in [6.07, 6.45) is 0. The van der Waals surface area contributed by atoms with Gasteiger partial charge in [-0.1, -0.05) is 72.8 Å². The lowest BCUT2D eigenvalue weighted by Gasteiger charge is -2.37. The van der Waals surface area contributed by atoms with Crippen molar-refractivity contribution in [3.63, 3.8) is 0 Å². The molecular formula is C34H18N8. The molecule has 8 nitrogen and oxygen atoms in total. The highest BCUT2D eigenvalue weighted by molar-refractivity contribution is 6.01. The van der Waals surface area contributed by atoms with Crippen LogP contribution in [0.2, 0.25) is 0 Å². The third-order valence-corrected chi connectivity index (χ3v) is 7.44. The molecular weight excluding hydrogens is 520 g/mol. The summed E-state index contributed by atoms with van der Waals surface area (Å²) >= 11 is 0. The van der Waals surface area contributed by atoms with Gasteiger partial charge in [0.15, 0.2) is 34.7 Å². The zero-order valence-electron chi connectivity index (χ0n) is 22.0. The second-order valence-electron chi connectivity index (χ2n) is 9.88. The molecule has 0 fully saturated rings. The zero-order chi connectivity index (χ0) is 28.2. The molecule has 5 aromatic carbocycles. The van der Waals surface area contributed by atoms with Gasteiger partial charge in [0.25, 0.3) is 0 Å². The molecule has 7 aromatic rings. The third kappa shape index (κ3) is 3.53. The first kappa shape index (κ1) is 23.5. The first-order chi connectivity index (χ1) is 20.7. The molecule has 0 amide bonds.